The van der Waals surface area contributed by atoms with Crippen molar-refractivity contribution in [3.05, 3.63) is 89.5 Å². The molecule has 0 saturated heterocycles. The molecule has 0 spiro atoms. The Bertz CT molecular complexity index is 1070. The molecule has 1 unspecified atom stereocenters. The first-order valence-electron chi connectivity index (χ1n) is 11.1. The highest BCUT2D eigenvalue weighted by atomic mass is 16.1. The van der Waals surface area contributed by atoms with Gasteiger partial charge in [0.15, 0.2) is 5.78 Å². The molecule has 0 bridgehead atoms. The summed E-state index contributed by atoms with van der Waals surface area (Å²) in [6.07, 6.45) is 10.8. The molecular weight excluding hydrogens is 368 g/mol. The lowest BCUT2D eigenvalue weighted by Gasteiger charge is -2.22. The maximum Gasteiger partial charge on any atom is 0.165 e. The molecule has 2 heterocycles. The van der Waals surface area contributed by atoms with E-state index in [1.165, 1.54) is 54.4 Å². The number of benzene rings is 2. The van der Waals surface area contributed by atoms with Gasteiger partial charge in [0.2, 0.25) is 0 Å². The fourth-order valence-corrected chi connectivity index (χ4v) is 5.27. The molecule has 30 heavy (non-hydrogen) atoms. The van der Waals surface area contributed by atoms with Gasteiger partial charge in [0, 0.05) is 12.0 Å². The van der Waals surface area contributed by atoms with Crippen molar-refractivity contribution in [1.82, 2.24) is 9.55 Å². The van der Waals surface area contributed by atoms with Crippen molar-refractivity contribution in [2.45, 2.75) is 57.4 Å². The molecule has 0 radical (unpaired) electrons. The van der Waals surface area contributed by atoms with E-state index in [1.54, 1.807) is 0 Å². The number of carbonyl (C=O) groups is 1. The van der Waals surface area contributed by atoms with Crippen LogP contribution in [0.15, 0.2) is 67.1 Å². The first kappa shape index (κ1) is 19.0. The SMILES string of the molecule is CC1=C(c2ccccc2)C(CC(=O)c2ccc(C3CCCCC3)cc2)n2cncc21. The van der Waals surface area contributed by atoms with Gasteiger partial charge < -0.3 is 4.57 Å². The number of ketones is 1. The van der Waals surface area contributed by atoms with Crippen LogP contribution in [0.2, 0.25) is 0 Å². The van der Waals surface area contributed by atoms with Crippen LogP contribution in [0.25, 0.3) is 11.1 Å². The number of aromatic nitrogens is 2. The van der Waals surface area contributed by atoms with Crippen LogP contribution in [0.4, 0.5) is 0 Å². The minimum Gasteiger partial charge on any atom is -0.323 e. The number of allylic oxidation sites excluding steroid dienone is 2. The number of hydrogen-bond donors (Lipinski definition) is 0. The second kappa shape index (κ2) is 8.06. The molecule has 0 N–H and O–H groups in total. The van der Waals surface area contributed by atoms with Crippen LogP contribution in [-0.4, -0.2) is 15.3 Å². The normalized spacial score (nSPS) is 19.2. The van der Waals surface area contributed by atoms with Gasteiger partial charge in [0.1, 0.15) is 0 Å². The van der Waals surface area contributed by atoms with Gasteiger partial charge in [0.05, 0.1) is 24.3 Å². The van der Waals surface area contributed by atoms with E-state index >= 15 is 0 Å². The van der Waals surface area contributed by atoms with Crippen molar-refractivity contribution in [3.63, 3.8) is 0 Å². The quantitative estimate of drug-likeness (QED) is 0.450. The number of hydrogen-bond acceptors (Lipinski definition) is 2. The number of nitrogens with zero attached hydrogens (tertiary/aromatic N) is 2. The lowest BCUT2D eigenvalue weighted by Crippen LogP contribution is -2.13. The summed E-state index contributed by atoms with van der Waals surface area (Å²) in [6.45, 7) is 2.14. The van der Waals surface area contributed by atoms with E-state index < -0.39 is 0 Å². The molecule has 1 saturated carbocycles. The van der Waals surface area contributed by atoms with Gasteiger partial charge in [-0.25, -0.2) is 4.98 Å². The van der Waals surface area contributed by atoms with Gasteiger partial charge in [0.25, 0.3) is 0 Å². The molecule has 1 aliphatic carbocycles. The Morgan fingerprint density at radius 3 is 2.47 bits per heavy atom. The van der Waals surface area contributed by atoms with Crippen molar-refractivity contribution < 1.29 is 4.79 Å². The predicted molar refractivity (Wildman–Crippen MR) is 121 cm³/mol. The van der Waals surface area contributed by atoms with Crippen LogP contribution in [0.3, 0.4) is 0 Å². The van der Waals surface area contributed by atoms with E-state index in [0.717, 1.165) is 11.3 Å². The molecule has 1 aromatic heterocycles. The van der Waals surface area contributed by atoms with Crippen molar-refractivity contribution in [3.8, 4) is 0 Å². The smallest absolute Gasteiger partial charge is 0.165 e. The minimum atomic E-state index is -0.00424. The molecule has 1 fully saturated rings. The zero-order chi connectivity index (χ0) is 20.5. The lowest BCUT2D eigenvalue weighted by molar-refractivity contribution is 0.0972. The maximum absolute atomic E-state index is 13.2. The summed E-state index contributed by atoms with van der Waals surface area (Å²) < 4.78 is 2.16. The average molecular weight is 397 g/mol. The van der Waals surface area contributed by atoms with Crippen LogP contribution < -0.4 is 0 Å². The average Bonchev–Trinajstić information content (AvgIpc) is 3.38. The highest BCUT2D eigenvalue weighted by Crippen LogP contribution is 2.44. The van der Waals surface area contributed by atoms with Gasteiger partial charge in [-0.1, -0.05) is 73.9 Å². The zero-order valence-corrected chi connectivity index (χ0v) is 17.6. The number of carbonyl (C=O) groups excluding carboxylic acids is 1. The zero-order valence-electron chi connectivity index (χ0n) is 17.6. The molecule has 2 aromatic carbocycles. The van der Waals surface area contributed by atoms with Crippen LogP contribution in [0, 0.1) is 0 Å². The molecule has 2 aliphatic rings. The summed E-state index contributed by atoms with van der Waals surface area (Å²) in [4.78, 5) is 17.6. The summed E-state index contributed by atoms with van der Waals surface area (Å²) in [7, 11) is 0. The number of fused-ring (bicyclic) bond motifs is 1. The highest BCUT2D eigenvalue weighted by Gasteiger charge is 2.31. The van der Waals surface area contributed by atoms with Crippen LogP contribution >= 0.6 is 0 Å². The Morgan fingerprint density at radius 2 is 1.73 bits per heavy atom. The Hall–Kier alpha value is -2.94. The van der Waals surface area contributed by atoms with E-state index in [9.17, 15) is 4.79 Å². The lowest BCUT2D eigenvalue weighted by atomic mass is 9.83. The van der Waals surface area contributed by atoms with Crippen molar-refractivity contribution >= 4 is 16.9 Å². The standard InChI is InChI=1S/C27H28N2O/c1-19-25-17-28-18-29(25)24(27(19)23-10-6-3-7-11-23)16-26(30)22-14-12-21(13-15-22)20-8-4-2-5-9-20/h3,6-7,10-15,17-18,20,24H,2,4-5,8-9,16H2,1H3. The van der Waals surface area contributed by atoms with Crippen molar-refractivity contribution in [2.24, 2.45) is 0 Å². The molecule has 3 heteroatoms. The van der Waals surface area contributed by atoms with E-state index in [2.05, 4.69) is 52.9 Å². The van der Waals surface area contributed by atoms with Gasteiger partial charge in [-0.05, 0) is 48.0 Å². The second-order valence-corrected chi connectivity index (χ2v) is 8.69. The van der Waals surface area contributed by atoms with Gasteiger partial charge in [-0.15, -0.1) is 0 Å². The first-order valence-corrected chi connectivity index (χ1v) is 11.1. The number of Topliss-reactive ketones (excluding diaryl/α,β-unsaturated/α-hetero) is 1. The van der Waals surface area contributed by atoms with Gasteiger partial charge >= 0.3 is 0 Å². The molecule has 3 aromatic rings. The molecule has 5 rings (SSSR count). The maximum atomic E-state index is 13.2. The number of imidazole rings is 1. The van der Waals surface area contributed by atoms with Gasteiger partial charge in [-0.2, -0.15) is 0 Å². The van der Waals surface area contributed by atoms with Crippen molar-refractivity contribution in [1.29, 1.82) is 0 Å². The van der Waals surface area contributed by atoms with E-state index in [-0.39, 0.29) is 11.8 Å². The second-order valence-electron chi connectivity index (χ2n) is 8.69. The van der Waals surface area contributed by atoms with Gasteiger partial charge in [-0.3, -0.25) is 4.79 Å². The molecule has 1 aliphatic heterocycles. The highest BCUT2D eigenvalue weighted by molar-refractivity contribution is 6.01. The fourth-order valence-electron chi connectivity index (χ4n) is 5.27. The Balaban J connectivity index is 1.39. The monoisotopic (exact) mass is 396 g/mol. The third kappa shape index (κ3) is 3.43. The van der Waals surface area contributed by atoms with Crippen molar-refractivity contribution in [2.75, 3.05) is 0 Å². The summed E-state index contributed by atoms with van der Waals surface area (Å²) in [5.41, 5.74) is 6.95. The molecular formula is C27H28N2O. The summed E-state index contributed by atoms with van der Waals surface area (Å²) in [5, 5.41) is 0. The first-order chi connectivity index (χ1) is 14.7. The van der Waals surface area contributed by atoms with E-state index in [4.69, 9.17) is 0 Å². The fraction of sp³-hybridized carbons (Fsp3) is 0.333. The Kier molecular flexibility index (Phi) is 5.12. The Labute approximate surface area is 178 Å². The third-order valence-electron chi connectivity index (χ3n) is 6.90. The van der Waals surface area contributed by atoms with E-state index in [1.807, 2.05) is 30.7 Å². The predicted octanol–water partition coefficient (Wildman–Crippen LogP) is 6.69. The molecule has 3 nitrogen and oxygen atoms in total. The third-order valence-corrected chi connectivity index (χ3v) is 6.90. The topological polar surface area (TPSA) is 34.9 Å². The molecule has 152 valence electrons. The van der Waals surface area contributed by atoms with Crippen LogP contribution in [0.1, 0.15) is 84.6 Å². The number of rotatable bonds is 5. The van der Waals surface area contributed by atoms with E-state index in [0.29, 0.717) is 12.3 Å². The largest absolute Gasteiger partial charge is 0.323 e. The molecule has 0 amide bonds. The van der Waals surface area contributed by atoms with Crippen LogP contribution in [-0.2, 0) is 0 Å². The minimum absolute atomic E-state index is 0.00424. The summed E-state index contributed by atoms with van der Waals surface area (Å²) in [6, 6.07) is 18.8. The van der Waals surface area contributed by atoms with Crippen LogP contribution in [0.5, 0.6) is 0 Å². The summed E-state index contributed by atoms with van der Waals surface area (Å²) >= 11 is 0. The Morgan fingerprint density at radius 1 is 1.00 bits per heavy atom. The summed E-state index contributed by atoms with van der Waals surface area (Å²) in [5.74, 6) is 0.861. The molecule has 1 atom stereocenters.